The summed E-state index contributed by atoms with van der Waals surface area (Å²) in [6, 6.07) is 3.84. The van der Waals surface area contributed by atoms with Crippen LogP contribution in [0.25, 0.3) is 11.7 Å². The van der Waals surface area contributed by atoms with Gasteiger partial charge < -0.3 is 10.4 Å². The van der Waals surface area contributed by atoms with Crippen molar-refractivity contribution in [2.24, 2.45) is 5.92 Å². The molecule has 0 spiro atoms. The van der Waals surface area contributed by atoms with Gasteiger partial charge in [-0.3, -0.25) is 23.9 Å². The number of hydrogen-bond acceptors (Lipinski definition) is 6. The summed E-state index contributed by atoms with van der Waals surface area (Å²) in [4.78, 5) is 44.6. The number of aromatic hydroxyl groups is 1. The van der Waals surface area contributed by atoms with Gasteiger partial charge in [-0.05, 0) is 42.9 Å². The van der Waals surface area contributed by atoms with E-state index in [-0.39, 0.29) is 23.4 Å². The van der Waals surface area contributed by atoms with Crippen molar-refractivity contribution in [2.75, 3.05) is 11.4 Å². The highest BCUT2D eigenvalue weighted by Crippen LogP contribution is 2.26. The fraction of sp³-hybridized carbons (Fsp3) is 0.375. The number of amides is 2. The molecule has 10 heteroatoms. The number of fused-ring (bicyclic) bond motifs is 2. The van der Waals surface area contributed by atoms with Gasteiger partial charge in [-0.2, -0.15) is 9.61 Å². The average molecular weight is 463 g/mol. The topological polar surface area (TPSA) is 122 Å². The van der Waals surface area contributed by atoms with E-state index in [2.05, 4.69) is 15.4 Å². The molecule has 2 amide bonds. The van der Waals surface area contributed by atoms with E-state index >= 15 is 0 Å². The highest BCUT2D eigenvalue weighted by atomic mass is 16.3. The number of anilines is 1. The molecule has 5 rings (SSSR count). The molecule has 0 aromatic carbocycles. The Balaban J connectivity index is 1.54. The summed E-state index contributed by atoms with van der Waals surface area (Å²) in [7, 11) is 0. The maximum Gasteiger partial charge on any atom is 0.291 e. The molecule has 34 heavy (non-hydrogen) atoms. The number of nitrogens with one attached hydrogen (secondary N) is 1. The van der Waals surface area contributed by atoms with Crippen molar-refractivity contribution < 1.29 is 14.7 Å². The van der Waals surface area contributed by atoms with Crippen molar-refractivity contribution in [3.8, 4) is 5.88 Å². The normalized spacial score (nSPS) is 15.4. The van der Waals surface area contributed by atoms with Gasteiger partial charge in [-0.1, -0.05) is 19.9 Å². The second-order valence-electron chi connectivity index (χ2n) is 9.15. The number of hydrogen-bond donors (Lipinski definition) is 2. The molecule has 3 aromatic rings. The van der Waals surface area contributed by atoms with Gasteiger partial charge >= 0.3 is 0 Å². The molecule has 1 aliphatic heterocycles. The molecule has 0 radical (unpaired) electrons. The van der Waals surface area contributed by atoms with Gasteiger partial charge in [0.25, 0.3) is 17.4 Å². The van der Waals surface area contributed by atoms with Gasteiger partial charge in [-0.25, -0.2) is 4.98 Å². The molecule has 2 N–H and O–H groups in total. The Morgan fingerprint density at radius 3 is 2.85 bits per heavy atom. The van der Waals surface area contributed by atoms with Crippen LogP contribution in [-0.2, 0) is 17.8 Å². The molecule has 1 aliphatic carbocycles. The van der Waals surface area contributed by atoms with Crippen LogP contribution in [0, 0.1) is 5.92 Å². The Hall–Kier alpha value is -3.95. The molecule has 0 saturated heterocycles. The minimum Gasteiger partial charge on any atom is -0.494 e. The van der Waals surface area contributed by atoms with E-state index in [4.69, 9.17) is 0 Å². The van der Waals surface area contributed by atoms with Crippen LogP contribution in [-0.4, -0.2) is 48.7 Å². The molecule has 1 saturated carbocycles. The van der Waals surface area contributed by atoms with Crippen LogP contribution in [0.4, 0.5) is 5.82 Å². The number of carbonyl (C=O) groups is 2. The molecule has 2 aliphatic rings. The Labute approximate surface area is 195 Å². The fourth-order valence-electron chi connectivity index (χ4n) is 4.22. The zero-order chi connectivity index (χ0) is 24.0. The second-order valence-corrected chi connectivity index (χ2v) is 9.15. The van der Waals surface area contributed by atoms with Crippen molar-refractivity contribution >= 4 is 29.4 Å². The summed E-state index contributed by atoms with van der Waals surface area (Å²) < 4.78 is 2.62. The van der Waals surface area contributed by atoms with Crippen LogP contribution in [0.3, 0.4) is 0 Å². The third-order valence-electron chi connectivity index (χ3n) is 6.00. The van der Waals surface area contributed by atoms with E-state index in [1.807, 2.05) is 26.0 Å². The second kappa shape index (κ2) is 8.44. The third-order valence-corrected chi connectivity index (χ3v) is 6.00. The van der Waals surface area contributed by atoms with Crippen molar-refractivity contribution in [2.45, 2.75) is 45.7 Å². The molecule has 176 valence electrons. The number of carbonyl (C=O) groups excluding carboxylic acids is 2. The van der Waals surface area contributed by atoms with Crippen molar-refractivity contribution in [3.63, 3.8) is 0 Å². The maximum atomic E-state index is 13.1. The lowest BCUT2D eigenvalue weighted by Gasteiger charge is -2.17. The van der Waals surface area contributed by atoms with Crippen LogP contribution < -0.4 is 15.8 Å². The average Bonchev–Trinajstić information content (AvgIpc) is 3.34. The van der Waals surface area contributed by atoms with Crippen LogP contribution in [0.15, 0.2) is 35.4 Å². The SMILES string of the molecule is CC(C)Cn1c(O)c(C(=O)NC2CC2)c(=O)n2ncc(/C=C/C(=O)N3CCc4cccnc43)c12. The zero-order valence-corrected chi connectivity index (χ0v) is 19.1. The third kappa shape index (κ3) is 3.85. The number of pyridine rings is 1. The van der Waals surface area contributed by atoms with Gasteiger partial charge in [0.2, 0.25) is 5.88 Å². The first kappa shape index (κ1) is 21.9. The smallest absolute Gasteiger partial charge is 0.291 e. The molecule has 10 nitrogen and oxygen atoms in total. The van der Waals surface area contributed by atoms with Gasteiger partial charge in [0, 0.05) is 37.0 Å². The van der Waals surface area contributed by atoms with Gasteiger partial charge in [0.05, 0.1) is 6.20 Å². The molecule has 1 fully saturated rings. The van der Waals surface area contributed by atoms with Gasteiger partial charge in [-0.15, -0.1) is 0 Å². The lowest BCUT2D eigenvalue weighted by atomic mass is 10.2. The Bertz CT molecular complexity index is 1380. The molecule has 3 aromatic heterocycles. The highest BCUT2D eigenvalue weighted by molar-refractivity contribution is 6.05. The largest absolute Gasteiger partial charge is 0.494 e. The summed E-state index contributed by atoms with van der Waals surface area (Å²) in [5.41, 5.74) is 0.802. The quantitative estimate of drug-likeness (QED) is 0.538. The van der Waals surface area contributed by atoms with Crippen molar-refractivity contribution in [3.05, 3.63) is 57.6 Å². The minimum absolute atomic E-state index is 0.0351. The Morgan fingerprint density at radius 1 is 1.32 bits per heavy atom. The predicted octanol–water partition coefficient (Wildman–Crippen LogP) is 1.75. The first-order valence-electron chi connectivity index (χ1n) is 11.4. The summed E-state index contributed by atoms with van der Waals surface area (Å²) in [6.45, 7) is 4.82. The molecular weight excluding hydrogens is 436 g/mol. The van der Waals surface area contributed by atoms with E-state index in [1.165, 1.54) is 16.8 Å². The first-order valence-corrected chi connectivity index (χ1v) is 11.4. The van der Waals surface area contributed by atoms with Crippen LogP contribution in [0.2, 0.25) is 0 Å². The fourth-order valence-corrected chi connectivity index (χ4v) is 4.22. The van der Waals surface area contributed by atoms with Gasteiger partial charge in [0.15, 0.2) is 5.56 Å². The number of aromatic nitrogens is 4. The van der Waals surface area contributed by atoms with E-state index in [0.29, 0.717) is 30.1 Å². The standard InChI is InChI=1S/C24H26N6O4/c1-14(2)13-29-22-16(5-8-18(31)28-11-9-15-4-3-10-25-20(15)28)12-26-30(22)24(34)19(23(29)33)21(32)27-17-6-7-17/h3-5,8,10,12,14,17,33H,6-7,9,11,13H2,1-2H3,(H,27,32)/b8-5+. The van der Waals surface area contributed by atoms with E-state index in [1.54, 1.807) is 17.2 Å². The van der Waals surface area contributed by atoms with Crippen molar-refractivity contribution in [1.29, 1.82) is 0 Å². The number of rotatable bonds is 6. The summed E-state index contributed by atoms with van der Waals surface area (Å²) >= 11 is 0. The Kier molecular flexibility index (Phi) is 5.43. The summed E-state index contributed by atoms with van der Waals surface area (Å²) in [5.74, 6) is -0.482. The van der Waals surface area contributed by atoms with Crippen LogP contribution in [0.5, 0.6) is 5.88 Å². The first-order chi connectivity index (χ1) is 16.3. The lowest BCUT2D eigenvalue weighted by molar-refractivity contribution is -0.114. The Morgan fingerprint density at radius 2 is 2.12 bits per heavy atom. The summed E-state index contributed by atoms with van der Waals surface area (Å²) in [5, 5.41) is 17.9. The predicted molar refractivity (Wildman–Crippen MR) is 126 cm³/mol. The monoisotopic (exact) mass is 462 g/mol. The van der Waals surface area contributed by atoms with Gasteiger partial charge in [0.1, 0.15) is 11.5 Å². The molecule has 0 unspecified atom stereocenters. The summed E-state index contributed by atoms with van der Waals surface area (Å²) in [6.07, 6.45) is 8.56. The zero-order valence-electron chi connectivity index (χ0n) is 19.1. The highest BCUT2D eigenvalue weighted by Gasteiger charge is 2.30. The molecule has 0 atom stereocenters. The van der Waals surface area contributed by atoms with Crippen molar-refractivity contribution in [1.82, 2.24) is 24.5 Å². The van der Waals surface area contributed by atoms with E-state index < -0.39 is 17.3 Å². The van der Waals surface area contributed by atoms with E-state index in [0.717, 1.165) is 29.3 Å². The lowest BCUT2D eigenvalue weighted by Crippen LogP contribution is -2.34. The molecule has 4 heterocycles. The maximum absolute atomic E-state index is 13.1. The van der Waals surface area contributed by atoms with E-state index in [9.17, 15) is 19.5 Å². The molecular formula is C24H26N6O4. The molecule has 0 bridgehead atoms. The van der Waals surface area contributed by atoms with Crippen LogP contribution >= 0.6 is 0 Å². The minimum atomic E-state index is -0.700. The van der Waals surface area contributed by atoms with Crippen LogP contribution in [0.1, 0.15) is 48.2 Å². The number of nitrogens with zero attached hydrogens (tertiary/aromatic N) is 5.